The summed E-state index contributed by atoms with van der Waals surface area (Å²) in [4.78, 5) is 25.4. The molecule has 0 aliphatic heterocycles. The third-order valence-corrected chi connectivity index (χ3v) is 4.36. The summed E-state index contributed by atoms with van der Waals surface area (Å²) in [5, 5.41) is 6.05. The zero-order chi connectivity index (χ0) is 20.1. The molecule has 4 aromatic rings. The quantitative estimate of drug-likeness (QED) is 0.519. The van der Waals surface area contributed by atoms with Gasteiger partial charge in [0.25, 0.3) is 5.91 Å². The molecule has 3 aromatic heterocycles. The van der Waals surface area contributed by atoms with Gasteiger partial charge in [-0.15, -0.1) is 0 Å². The summed E-state index contributed by atoms with van der Waals surface area (Å²) in [6.45, 7) is 2.29. The van der Waals surface area contributed by atoms with Crippen LogP contribution in [0.15, 0.2) is 77.8 Å². The lowest BCUT2D eigenvalue weighted by Gasteiger charge is -2.11. The molecule has 0 radical (unpaired) electrons. The molecule has 0 bridgehead atoms. The minimum atomic E-state index is -0.186. The highest BCUT2D eigenvalue weighted by molar-refractivity contribution is 5.95. The molecule has 0 aliphatic rings. The number of benzene rings is 1. The van der Waals surface area contributed by atoms with Gasteiger partial charge in [-0.25, -0.2) is 9.97 Å². The highest BCUT2D eigenvalue weighted by Crippen LogP contribution is 2.22. The third-order valence-electron chi connectivity index (χ3n) is 4.36. The van der Waals surface area contributed by atoms with E-state index >= 15 is 0 Å². The number of nitrogens with one attached hydrogen (secondary N) is 2. The van der Waals surface area contributed by atoms with Crippen molar-refractivity contribution in [1.29, 1.82) is 0 Å². The minimum absolute atomic E-state index is 0.186. The van der Waals surface area contributed by atoms with Gasteiger partial charge in [-0.2, -0.15) is 0 Å². The highest BCUT2D eigenvalue weighted by Gasteiger charge is 2.10. The Hall–Kier alpha value is -4.00. The molecule has 0 spiro atoms. The Morgan fingerprint density at radius 3 is 2.83 bits per heavy atom. The van der Waals surface area contributed by atoms with E-state index in [1.807, 2.05) is 37.3 Å². The van der Waals surface area contributed by atoms with Gasteiger partial charge in [0, 0.05) is 35.4 Å². The van der Waals surface area contributed by atoms with Gasteiger partial charge < -0.3 is 15.1 Å². The maximum Gasteiger partial charge on any atom is 0.251 e. The molecule has 0 fully saturated rings. The Kier molecular flexibility index (Phi) is 5.29. The average Bonchev–Trinajstić information content (AvgIpc) is 3.28. The second-order valence-corrected chi connectivity index (χ2v) is 6.42. The first-order chi connectivity index (χ1) is 14.2. The number of amides is 1. The lowest BCUT2D eigenvalue weighted by atomic mass is 10.1. The van der Waals surface area contributed by atoms with Crippen molar-refractivity contribution in [3.63, 3.8) is 0 Å². The molecule has 0 saturated heterocycles. The molecule has 0 saturated carbocycles. The van der Waals surface area contributed by atoms with Crippen LogP contribution in [0.5, 0.6) is 0 Å². The molecular weight excluding hydrogens is 366 g/mol. The van der Waals surface area contributed by atoms with E-state index in [2.05, 4.69) is 25.6 Å². The van der Waals surface area contributed by atoms with Gasteiger partial charge in [-0.1, -0.05) is 6.07 Å². The van der Waals surface area contributed by atoms with Gasteiger partial charge >= 0.3 is 0 Å². The van der Waals surface area contributed by atoms with Gasteiger partial charge in [0.1, 0.15) is 5.76 Å². The van der Waals surface area contributed by atoms with E-state index < -0.39 is 0 Å². The molecule has 144 valence electrons. The Bertz CT molecular complexity index is 1110. The number of anilines is 2. The second kappa shape index (κ2) is 8.35. The standard InChI is InChI=1S/C22H19N5O2/c1-15-6-7-16(21(28)25-14-18-5-3-11-29-18)12-20(15)27-22-24-10-8-19(26-22)17-4-2-9-23-13-17/h2-13H,14H2,1H3,(H,25,28)(H,24,26,27). The third kappa shape index (κ3) is 4.47. The van der Waals surface area contributed by atoms with E-state index in [4.69, 9.17) is 4.42 Å². The van der Waals surface area contributed by atoms with Crippen LogP contribution in [0.3, 0.4) is 0 Å². The fourth-order valence-corrected chi connectivity index (χ4v) is 2.79. The predicted octanol–water partition coefficient (Wildman–Crippen LogP) is 4.11. The molecule has 3 heterocycles. The normalized spacial score (nSPS) is 10.5. The number of furan rings is 1. The van der Waals surface area contributed by atoms with E-state index in [0.29, 0.717) is 23.8 Å². The van der Waals surface area contributed by atoms with Crippen molar-refractivity contribution < 1.29 is 9.21 Å². The van der Waals surface area contributed by atoms with E-state index in [1.54, 1.807) is 43.1 Å². The van der Waals surface area contributed by atoms with Crippen molar-refractivity contribution in [3.8, 4) is 11.3 Å². The van der Waals surface area contributed by atoms with E-state index in [9.17, 15) is 4.79 Å². The minimum Gasteiger partial charge on any atom is -0.467 e. The van der Waals surface area contributed by atoms with Crippen molar-refractivity contribution in [3.05, 3.63) is 90.3 Å². The Morgan fingerprint density at radius 1 is 1.10 bits per heavy atom. The van der Waals surface area contributed by atoms with Crippen LogP contribution in [0, 0.1) is 6.92 Å². The zero-order valence-electron chi connectivity index (χ0n) is 15.8. The number of aromatic nitrogens is 3. The predicted molar refractivity (Wildman–Crippen MR) is 110 cm³/mol. The maximum absolute atomic E-state index is 12.5. The van der Waals surface area contributed by atoms with Crippen LogP contribution in [0.4, 0.5) is 11.6 Å². The zero-order valence-corrected chi connectivity index (χ0v) is 15.8. The molecule has 7 heteroatoms. The molecule has 2 N–H and O–H groups in total. The lowest BCUT2D eigenvalue weighted by Crippen LogP contribution is -2.22. The largest absolute Gasteiger partial charge is 0.467 e. The van der Waals surface area contributed by atoms with Gasteiger partial charge in [-0.05, 0) is 55.0 Å². The fraction of sp³-hybridized carbons (Fsp3) is 0.0909. The van der Waals surface area contributed by atoms with Crippen LogP contribution in [0.1, 0.15) is 21.7 Å². The van der Waals surface area contributed by atoms with E-state index in [0.717, 1.165) is 22.5 Å². The van der Waals surface area contributed by atoms with Crippen LogP contribution in [0.2, 0.25) is 0 Å². The maximum atomic E-state index is 12.5. The molecular formula is C22H19N5O2. The molecule has 1 aromatic carbocycles. The van der Waals surface area contributed by atoms with Crippen LogP contribution < -0.4 is 10.6 Å². The van der Waals surface area contributed by atoms with Crippen molar-refractivity contribution in [2.24, 2.45) is 0 Å². The molecule has 7 nitrogen and oxygen atoms in total. The molecule has 0 atom stereocenters. The van der Waals surface area contributed by atoms with Crippen molar-refractivity contribution >= 4 is 17.5 Å². The lowest BCUT2D eigenvalue weighted by molar-refractivity contribution is 0.0948. The number of rotatable bonds is 6. The molecule has 29 heavy (non-hydrogen) atoms. The van der Waals surface area contributed by atoms with Crippen LogP contribution >= 0.6 is 0 Å². The fourth-order valence-electron chi connectivity index (χ4n) is 2.79. The Labute approximate surface area is 167 Å². The summed E-state index contributed by atoms with van der Waals surface area (Å²) in [6.07, 6.45) is 6.74. The van der Waals surface area contributed by atoms with Gasteiger partial charge in [0.15, 0.2) is 0 Å². The topological polar surface area (TPSA) is 92.9 Å². The number of hydrogen-bond acceptors (Lipinski definition) is 6. The second-order valence-electron chi connectivity index (χ2n) is 6.42. The first kappa shape index (κ1) is 18.4. The van der Waals surface area contributed by atoms with Crippen molar-refractivity contribution in [2.75, 3.05) is 5.32 Å². The number of carbonyl (C=O) groups excluding carboxylic acids is 1. The summed E-state index contributed by atoms with van der Waals surface area (Å²) in [5.74, 6) is 0.960. The van der Waals surface area contributed by atoms with Crippen molar-refractivity contribution in [2.45, 2.75) is 13.5 Å². The van der Waals surface area contributed by atoms with Crippen LogP contribution in [0.25, 0.3) is 11.3 Å². The summed E-state index contributed by atoms with van der Waals surface area (Å²) in [7, 11) is 0. The summed E-state index contributed by atoms with van der Waals surface area (Å²) < 4.78 is 5.24. The SMILES string of the molecule is Cc1ccc(C(=O)NCc2ccco2)cc1Nc1nccc(-c2cccnc2)n1. The van der Waals surface area contributed by atoms with Crippen molar-refractivity contribution in [1.82, 2.24) is 20.3 Å². The highest BCUT2D eigenvalue weighted by atomic mass is 16.3. The van der Waals surface area contributed by atoms with Crippen LogP contribution in [-0.4, -0.2) is 20.9 Å². The molecule has 4 rings (SSSR count). The molecule has 0 unspecified atom stereocenters. The van der Waals surface area contributed by atoms with Gasteiger partial charge in [-0.3, -0.25) is 9.78 Å². The van der Waals surface area contributed by atoms with Gasteiger partial charge in [0.05, 0.1) is 18.5 Å². The van der Waals surface area contributed by atoms with Crippen LogP contribution in [-0.2, 0) is 6.54 Å². The Morgan fingerprint density at radius 2 is 2.03 bits per heavy atom. The molecule has 0 aliphatic carbocycles. The monoisotopic (exact) mass is 385 g/mol. The van der Waals surface area contributed by atoms with E-state index in [1.165, 1.54) is 0 Å². The number of hydrogen-bond donors (Lipinski definition) is 2. The number of pyridine rings is 1. The Balaban J connectivity index is 1.51. The van der Waals surface area contributed by atoms with E-state index in [-0.39, 0.29) is 5.91 Å². The number of carbonyl (C=O) groups is 1. The number of aryl methyl sites for hydroxylation is 1. The first-order valence-electron chi connectivity index (χ1n) is 9.11. The first-order valence-corrected chi connectivity index (χ1v) is 9.11. The average molecular weight is 385 g/mol. The summed E-state index contributed by atoms with van der Waals surface area (Å²) in [6, 6.07) is 14.7. The summed E-state index contributed by atoms with van der Waals surface area (Å²) >= 11 is 0. The van der Waals surface area contributed by atoms with Gasteiger partial charge in [0.2, 0.25) is 5.95 Å². The smallest absolute Gasteiger partial charge is 0.251 e. The summed E-state index contributed by atoms with van der Waals surface area (Å²) in [5.41, 5.74) is 3.94. The number of nitrogens with zero attached hydrogens (tertiary/aromatic N) is 3. The molecule has 1 amide bonds.